The van der Waals surface area contributed by atoms with Gasteiger partial charge >= 0.3 is 0 Å². The van der Waals surface area contributed by atoms with E-state index in [9.17, 15) is 4.79 Å². The smallest absolute Gasteiger partial charge is 0.271 e. The Labute approximate surface area is 126 Å². The zero-order valence-electron chi connectivity index (χ0n) is 13.1. The molecule has 0 bridgehead atoms. The number of nitrogens with one attached hydrogen (secondary N) is 2. The second-order valence-electron chi connectivity index (χ2n) is 6.01. The van der Waals surface area contributed by atoms with Crippen molar-refractivity contribution in [3.8, 4) is 0 Å². The van der Waals surface area contributed by atoms with E-state index in [0.29, 0.717) is 11.7 Å². The first kappa shape index (κ1) is 15.7. The Morgan fingerprint density at radius 1 is 1.29 bits per heavy atom. The van der Waals surface area contributed by atoms with Crippen LogP contribution in [0.3, 0.4) is 0 Å². The molecule has 1 heterocycles. The van der Waals surface area contributed by atoms with E-state index in [0.717, 1.165) is 18.2 Å². The summed E-state index contributed by atoms with van der Waals surface area (Å²) in [7, 11) is 1.59. The fourth-order valence-corrected chi connectivity index (χ4v) is 2.94. The summed E-state index contributed by atoms with van der Waals surface area (Å²) in [6.45, 7) is 2.18. The molecule has 1 unspecified atom stereocenters. The molecule has 2 rings (SSSR count). The van der Waals surface area contributed by atoms with Crippen LogP contribution < -0.4 is 10.6 Å². The topological polar surface area (TPSA) is 66.9 Å². The van der Waals surface area contributed by atoms with E-state index in [1.165, 1.54) is 38.5 Å². The van der Waals surface area contributed by atoms with E-state index in [1.54, 1.807) is 13.1 Å². The first-order chi connectivity index (χ1) is 10.2. The minimum Gasteiger partial charge on any atom is -0.366 e. The summed E-state index contributed by atoms with van der Waals surface area (Å²) in [4.78, 5) is 11.4. The molecule has 5 heteroatoms. The molecule has 1 aliphatic rings. The number of nitrogens with zero attached hydrogens (tertiary/aromatic N) is 2. The van der Waals surface area contributed by atoms with Crippen molar-refractivity contribution in [1.82, 2.24) is 15.5 Å². The first-order valence-electron chi connectivity index (χ1n) is 8.01. The van der Waals surface area contributed by atoms with Crippen molar-refractivity contribution >= 4 is 11.7 Å². The monoisotopic (exact) mass is 290 g/mol. The zero-order chi connectivity index (χ0) is 15.1. The molecule has 0 aromatic carbocycles. The average Bonchev–Trinajstić information content (AvgIpc) is 2.54. The summed E-state index contributed by atoms with van der Waals surface area (Å²) in [5.41, 5.74) is 0.345. The highest BCUT2D eigenvalue weighted by Gasteiger charge is 2.15. The van der Waals surface area contributed by atoms with Crippen molar-refractivity contribution in [2.24, 2.45) is 5.92 Å². The number of rotatable bonds is 6. The predicted octanol–water partition coefficient (Wildman–Crippen LogP) is 3.00. The predicted molar refractivity (Wildman–Crippen MR) is 84.3 cm³/mol. The highest BCUT2D eigenvalue weighted by atomic mass is 16.1. The minimum atomic E-state index is -0.209. The number of hydrogen-bond acceptors (Lipinski definition) is 4. The van der Waals surface area contributed by atoms with Crippen LogP contribution in [0, 0.1) is 5.92 Å². The van der Waals surface area contributed by atoms with Gasteiger partial charge in [-0.15, -0.1) is 10.2 Å². The van der Waals surface area contributed by atoms with Gasteiger partial charge in [0.2, 0.25) is 0 Å². The van der Waals surface area contributed by atoms with Gasteiger partial charge in [0, 0.05) is 13.1 Å². The van der Waals surface area contributed by atoms with E-state index >= 15 is 0 Å². The van der Waals surface area contributed by atoms with Gasteiger partial charge in [0.15, 0.2) is 5.69 Å². The lowest BCUT2D eigenvalue weighted by atomic mass is 9.85. The van der Waals surface area contributed by atoms with Gasteiger partial charge in [-0.1, -0.05) is 32.1 Å². The SMILES string of the molecule is CNC(=O)c1ccc(NC(C)CCC2CCCCC2)nn1. The summed E-state index contributed by atoms with van der Waals surface area (Å²) in [6.07, 6.45) is 9.46. The number of hydrogen-bond donors (Lipinski definition) is 2. The highest BCUT2D eigenvalue weighted by Crippen LogP contribution is 2.27. The van der Waals surface area contributed by atoms with Gasteiger partial charge in [0.1, 0.15) is 5.82 Å². The third-order valence-corrected chi connectivity index (χ3v) is 4.25. The van der Waals surface area contributed by atoms with Crippen LogP contribution in [0.4, 0.5) is 5.82 Å². The zero-order valence-corrected chi connectivity index (χ0v) is 13.1. The quantitative estimate of drug-likeness (QED) is 0.845. The molecule has 116 valence electrons. The fourth-order valence-electron chi connectivity index (χ4n) is 2.94. The maximum Gasteiger partial charge on any atom is 0.271 e. The van der Waals surface area contributed by atoms with Crippen molar-refractivity contribution < 1.29 is 4.79 Å². The van der Waals surface area contributed by atoms with Crippen molar-refractivity contribution in [2.75, 3.05) is 12.4 Å². The maximum atomic E-state index is 11.4. The summed E-state index contributed by atoms with van der Waals surface area (Å²) >= 11 is 0. The third kappa shape index (κ3) is 4.99. The standard InChI is InChI=1S/C16H26N4O/c1-12(8-9-13-6-4-3-5-7-13)18-15-11-10-14(19-20-15)16(21)17-2/h10-13H,3-9H2,1-2H3,(H,17,21)(H,18,20). The van der Waals surface area contributed by atoms with Crippen LogP contribution in [-0.4, -0.2) is 29.2 Å². The van der Waals surface area contributed by atoms with Crippen LogP contribution in [0.5, 0.6) is 0 Å². The highest BCUT2D eigenvalue weighted by molar-refractivity contribution is 5.91. The van der Waals surface area contributed by atoms with Crippen LogP contribution >= 0.6 is 0 Å². The van der Waals surface area contributed by atoms with E-state index in [2.05, 4.69) is 27.8 Å². The summed E-state index contributed by atoms with van der Waals surface area (Å²) in [6, 6.07) is 3.89. The first-order valence-corrected chi connectivity index (χ1v) is 8.01. The number of carbonyl (C=O) groups is 1. The molecule has 1 atom stereocenters. The normalized spacial score (nSPS) is 17.2. The molecular formula is C16H26N4O. The van der Waals surface area contributed by atoms with Crippen molar-refractivity contribution in [3.05, 3.63) is 17.8 Å². The van der Waals surface area contributed by atoms with Gasteiger partial charge in [-0.2, -0.15) is 0 Å². The van der Waals surface area contributed by atoms with Gasteiger partial charge in [0.05, 0.1) is 0 Å². The molecule has 1 aromatic rings. The minimum absolute atomic E-state index is 0.209. The molecule has 0 saturated heterocycles. The molecule has 1 saturated carbocycles. The van der Waals surface area contributed by atoms with Gasteiger partial charge < -0.3 is 10.6 Å². The second-order valence-corrected chi connectivity index (χ2v) is 6.01. The lowest BCUT2D eigenvalue weighted by Crippen LogP contribution is -2.21. The Morgan fingerprint density at radius 3 is 2.67 bits per heavy atom. The summed E-state index contributed by atoms with van der Waals surface area (Å²) < 4.78 is 0. The van der Waals surface area contributed by atoms with Crippen molar-refractivity contribution in [2.45, 2.75) is 57.9 Å². The Bertz CT molecular complexity index is 440. The molecule has 1 fully saturated rings. The second kappa shape index (κ2) is 7.96. The average molecular weight is 290 g/mol. The Hall–Kier alpha value is -1.65. The van der Waals surface area contributed by atoms with Crippen LogP contribution in [0.2, 0.25) is 0 Å². The van der Waals surface area contributed by atoms with Crippen LogP contribution in [0.25, 0.3) is 0 Å². The van der Waals surface area contributed by atoms with Crippen molar-refractivity contribution in [1.29, 1.82) is 0 Å². The molecule has 0 aliphatic heterocycles. The number of amides is 1. The van der Waals surface area contributed by atoms with Gasteiger partial charge in [-0.05, 0) is 37.8 Å². The molecule has 21 heavy (non-hydrogen) atoms. The van der Waals surface area contributed by atoms with Gasteiger partial charge in [0.25, 0.3) is 5.91 Å². The summed E-state index contributed by atoms with van der Waals surface area (Å²) in [5, 5.41) is 13.9. The number of carbonyl (C=O) groups excluding carboxylic acids is 1. The number of aromatic nitrogens is 2. The van der Waals surface area contributed by atoms with E-state index < -0.39 is 0 Å². The molecule has 1 aromatic heterocycles. The van der Waals surface area contributed by atoms with Gasteiger partial charge in [-0.3, -0.25) is 4.79 Å². The van der Waals surface area contributed by atoms with Crippen LogP contribution in [0.1, 0.15) is 62.4 Å². The Morgan fingerprint density at radius 2 is 2.05 bits per heavy atom. The Balaban J connectivity index is 1.76. The summed E-state index contributed by atoms with van der Waals surface area (Å²) in [5.74, 6) is 1.43. The molecular weight excluding hydrogens is 264 g/mol. The third-order valence-electron chi connectivity index (χ3n) is 4.25. The molecule has 2 N–H and O–H groups in total. The Kier molecular flexibility index (Phi) is 5.96. The molecule has 1 amide bonds. The van der Waals surface area contributed by atoms with Crippen molar-refractivity contribution in [3.63, 3.8) is 0 Å². The number of anilines is 1. The lowest BCUT2D eigenvalue weighted by Gasteiger charge is -2.23. The molecule has 1 aliphatic carbocycles. The van der Waals surface area contributed by atoms with Crippen LogP contribution in [-0.2, 0) is 0 Å². The van der Waals surface area contributed by atoms with E-state index in [1.807, 2.05) is 6.07 Å². The lowest BCUT2D eigenvalue weighted by molar-refractivity contribution is 0.0957. The van der Waals surface area contributed by atoms with Crippen LogP contribution in [0.15, 0.2) is 12.1 Å². The van der Waals surface area contributed by atoms with Gasteiger partial charge in [-0.25, -0.2) is 0 Å². The maximum absolute atomic E-state index is 11.4. The molecule has 0 radical (unpaired) electrons. The largest absolute Gasteiger partial charge is 0.366 e. The molecule has 5 nitrogen and oxygen atoms in total. The van der Waals surface area contributed by atoms with E-state index in [-0.39, 0.29) is 5.91 Å². The fraction of sp³-hybridized carbons (Fsp3) is 0.688. The molecule has 0 spiro atoms. The van der Waals surface area contributed by atoms with E-state index in [4.69, 9.17) is 0 Å².